The van der Waals surface area contributed by atoms with E-state index in [0.29, 0.717) is 18.2 Å². The summed E-state index contributed by atoms with van der Waals surface area (Å²) in [6.07, 6.45) is 4.66. The van der Waals surface area contributed by atoms with Crippen LogP contribution >= 0.6 is 0 Å². The van der Waals surface area contributed by atoms with Crippen molar-refractivity contribution in [2.45, 2.75) is 6.42 Å². The van der Waals surface area contributed by atoms with Gasteiger partial charge in [-0.1, -0.05) is 24.3 Å². The second kappa shape index (κ2) is 11.5. The average Bonchev–Trinajstić information content (AvgIpc) is 3.36. The molecule has 0 atom stereocenters. The molecule has 0 saturated carbocycles. The number of pyridine rings is 1. The molecule has 1 fully saturated rings. The van der Waals surface area contributed by atoms with Crippen LogP contribution < -0.4 is 15.8 Å². The summed E-state index contributed by atoms with van der Waals surface area (Å²) in [5.74, 6) is 1.30. The van der Waals surface area contributed by atoms with E-state index < -0.39 is 0 Å². The second-order valence-corrected chi connectivity index (χ2v) is 9.45. The monoisotopic (exact) mass is 521 g/mol. The Morgan fingerprint density at radius 2 is 1.87 bits per heavy atom. The molecule has 1 saturated heterocycles. The van der Waals surface area contributed by atoms with Crippen molar-refractivity contribution < 1.29 is 9.47 Å². The maximum Gasteiger partial charge on any atom is 0.227 e. The highest BCUT2D eigenvalue weighted by Crippen LogP contribution is 2.35. The molecule has 5 aromatic rings. The Labute approximate surface area is 227 Å². The van der Waals surface area contributed by atoms with E-state index in [4.69, 9.17) is 25.3 Å². The summed E-state index contributed by atoms with van der Waals surface area (Å²) in [4.78, 5) is 11.7. The van der Waals surface area contributed by atoms with Gasteiger partial charge in [-0.05, 0) is 48.9 Å². The number of nitrogens with two attached hydrogens (primary N) is 1. The third-order valence-electron chi connectivity index (χ3n) is 6.69. The van der Waals surface area contributed by atoms with Crippen molar-refractivity contribution in [1.82, 2.24) is 24.5 Å². The molecule has 0 unspecified atom stereocenters. The summed E-state index contributed by atoms with van der Waals surface area (Å²) in [6, 6.07) is 23.5. The third kappa shape index (κ3) is 5.84. The van der Waals surface area contributed by atoms with E-state index in [-0.39, 0.29) is 0 Å². The van der Waals surface area contributed by atoms with Gasteiger partial charge in [0.05, 0.1) is 36.6 Å². The van der Waals surface area contributed by atoms with E-state index in [2.05, 4.69) is 15.2 Å². The zero-order valence-corrected chi connectivity index (χ0v) is 21.7. The number of anilines is 3. The predicted octanol–water partition coefficient (Wildman–Crippen LogP) is 4.89. The molecule has 3 N–H and O–H groups in total. The molecular formula is C30H31N7O2. The van der Waals surface area contributed by atoms with E-state index in [1.807, 2.05) is 83.5 Å². The minimum absolute atomic E-state index is 0.491. The van der Waals surface area contributed by atoms with Gasteiger partial charge in [0.25, 0.3) is 0 Å². The molecule has 6 rings (SSSR count). The molecule has 2 aromatic carbocycles. The second-order valence-electron chi connectivity index (χ2n) is 9.45. The first-order valence-electron chi connectivity index (χ1n) is 13.2. The minimum Gasteiger partial charge on any atom is -0.493 e. The molecule has 0 aliphatic carbocycles. The lowest BCUT2D eigenvalue weighted by atomic mass is 10.0. The van der Waals surface area contributed by atoms with Gasteiger partial charge in [-0.25, -0.2) is 14.5 Å². The first-order chi connectivity index (χ1) is 19.2. The summed E-state index contributed by atoms with van der Waals surface area (Å²) in [6.45, 7) is 5.30. The van der Waals surface area contributed by atoms with Crippen molar-refractivity contribution in [2.24, 2.45) is 0 Å². The zero-order chi connectivity index (χ0) is 26.4. The van der Waals surface area contributed by atoms with Gasteiger partial charge in [0, 0.05) is 55.0 Å². The van der Waals surface area contributed by atoms with E-state index >= 15 is 0 Å². The normalized spacial score (nSPS) is 13.9. The highest BCUT2D eigenvalue weighted by atomic mass is 16.5. The van der Waals surface area contributed by atoms with E-state index in [1.54, 1.807) is 6.20 Å². The van der Waals surface area contributed by atoms with Gasteiger partial charge in [-0.15, -0.1) is 0 Å². The smallest absolute Gasteiger partial charge is 0.227 e. The fraction of sp³-hybridized carbons (Fsp3) is 0.233. The van der Waals surface area contributed by atoms with Gasteiger partial charge < -0.3 is 20.5 Å². The highest BCUT2D eigenvalue weighted by Gasteiger charge is 2.18. The molecule has 0 bridgehead atoms. The predicted molar refractivity (Wildman–Crippen MR) is 153 cm³/mol. The van der Waals surface area contributed by atoms with Crippen molar-refractivity contribution in [2.75, 3.05) is 50.5 Å². The summed E-state index contributed by atoms with van der Waals surface area (Å²) in [7, 11) is 0. The molecule has 198 valence electrons. The number of nitrogens with one attached hydrogen (secondary N) is 1. The largest absolute Gasteiger partial charge is 0.493 e. The van der Waals surface area contributed by atoms with Gasteiger partial charge in [0.1, 0.15) is 11.4 Å². The summed E-state index contributed by atoms with van der Waals surface area (Å²) in [5.41, 5.74) is 12.0. The number of fused-ring (bicyclic) bond motifs is 1. The molecule has 1 aliphatic rings. The molecule has 1 aliphatic heterocycles. The molecule has 4 heterocycles. The quantitative estimate of drug-likeness (QED) is 0.209. The Kier molecular flexibility index (Phi) is 7.33. The van der Waals surface area contributed by atoms with Crippen LogP contribution in [0.1, 0.15) is 6.42 Å². The molecule has 39 heavy (non-hydrogen) atoms. The first-order valence-corrected chi connectivity index (χ1v) is 13.2. The van der Waals surface area contributed by atoms with E-state index in [1.165, 1.54) is 0 Å². The van der Waals surface area contributed by atoms with Crippen LogP contribution in [-0.4, -0.2) is 63.9 Å². The number of hydrogen-bond donors (Lipinski definition) is 2. The van der Waals surface area contributed by atoms with Gasteiger partial charge >= 0.3 is 0 Å². The standard InChI is InChI=1S/C30H31N7O2/c31-23-7-3-6-22(20-23)29-28(27-10-1-2-14-37(27)35-29)26-11-12-32-30(34-26)33-24-8-4-9-25(21-24)39-17-5-13-36-15-18-38-19-16-36/h1-4,6-12,14,20-21H,5,13,15-19,31H2,(H,32,33,34). The zero-order valence-electron chi connectivity index (χ0n) is 21.7. The summed E-state index contributed by atoms with van der Waals surface area (Å²) < 4.78 is 13.3. The van der Waals surface area contributed by atoms with E-state index in [9.17, 15) is 0 Å². The SMILES string of the molecule is Nc1cccc(-c2nn3ccccc3c2-c2ccnc(Nc3cccc(OCCCN4CCOCC4)c3)n2)c1. The van der Waals surface area contributed by atoms with Gasteiger partial charge in [0.2, 0.25) is 5.95 Å². The van der Waals surface area contributed by atoms with Crippen LogP contribution in [-0.2, 0) is 4.74 Å². The number of nitrogen functional groups attached to an aromatic ring is 1. The van der Waals surface area contributed by atoms with Crippen molar-refractivity contribution in [3.05, 3.63) is 85.2 Å². The van der Waals surface area contributed by atoms with Gasteiger partial charge in [0.15, 0.2) is 0 Å². The van der Waals surface area contributed by atoms with Crippen LogP contribution in [0.25, 0.3) is 28.0 Å². The van der Waals surface area contributed by atoms with Crippen LogP contribution in [0.5, 0.6) is 5.75 Å². The summed E-state index contributed by atoms with van der Waals surface area (Å²) >= 11 is 0. The Morgan fingerprint density at radius 3 is 2.77 bits per heavy atom. The lowest BCUT2D eigenvalue weighted by Crippen LogP contribution is -2.37. The lowest BCUT2D eigenvalue weighted by molar-refractivity contribution is 0.0358. The molecule has 9 heteroatoms. The Bertz CT molecular complexity index is 1560. The maximum atomic E-state index is 6.09. The maximum absolute atomic E-state index is 6.09. The minimum atomic E-state index is 0.491. The fourth-order valence-corrected chi connectivity index (χ4v) is 4.79. The van der Waals surface area contributed by atoms with Crippen LogP contribution in [0.3, 0.4) is 0 Å². The number of aromatic nitrogens is 4. The number of nitrogens with zero attached hydrogens (tertiary/aromatic N) is 5. The van der Waals surface area contributed by atoms with Crippen molar-refractivity contribution in [3.63, 3.8) is 0 Å². The first kappa shape index (κ1) is 24.8. The van der Waals surface area contributed by atoms with Crippen LogP contribution in [0.15, 0.2) is 85.2 Å². The molecular weight excluding hydrogens is 490 g/mol. The lowest BCUT2D eigenvalue weighted by Gasteiger charge is -2.26. The van der Waals surface area contributed by atoms with Crippen molar-refractivity contribution in [3.8, 4) is 28.3 Å². The van der Waals surface area contributed by atoms with Crippen LogP contribution in [0, 0.1) is 0 Å². The molecule has 0 amide bonds. The highest BCUT2D eigenvalue weighted by molar-refractivity contribution is 5.91. The Balaban J connectivity index is 1.20. The topological polar surface area (TPSA) is 103 Å². The Hall–Kier alpha value is -4.47. The third-order valence-corrected chi connectivity index (χ3v) is 6.69. The van der Waals surface area contributed by atoms with Gasteiger partial charge in [-0.2, -0.15) is 5.10 Å². The number of ether oxygens (including phenoxy) is 2. The Morgan fingerprint density at radius 1 is 0.974 bits per heavy atom. The fourth-order valence-electron chi connectivity index (χ4n) is 4.79. The van der Waals surface area contributed by atoms with Crippen LogP contribution in [0.2, 0.25) is 0 Å². The molecule has 9 nitrogen and oxygen atoms in total. The van der Waals surface area contributed by atoms with Crippen LogP contribution in [0.4, 0.5) is 17.3 Å². The number of hydrogen-bond acceptors (Lipinski definition) is 8. The van der Waals surface area contributed by atoms with Gasteiger partial charge in [-0.3, -0.25) is 4.90 Å². The number of benzene rings is 2. The average molecular weight is 522 g/mol. The number of morpholine rings is 1. The van der Waals surface area contributed by atoms with Crippen molar-refractivity contribution >= 4 is 22.8 Å². The molecule has 0 spiro atoms. The number of rotatable bonds is 9. The van der Waals surface area contributed by atoms with Crippen molar-refractivity contribution in [1.29, 1.82) is 0 Å². The summed E-state index contributed by atoms with van der Waals surface area (Å²) in [5, 5.41) is 8.18. The molecule has 0 radical (unpaired) electrons. The van der Waals surface area contributed by atoms with E-state index in [0.717, 1.165) is 78.7 Å². The molecule has 3 aromatic heterocycles.